The molecule has 0 saturated carbocycles. The molecular formula is C57H98N2Ni. The van der Waals surface area contributed by atoms with Gasteiger partial charge in [0.15, 0.2) is 0 Å². The minimum Gasteiger partial charge on any atom is -0.252 e. The summed E-state index contributed by atoms with van der Waals surface area (Å²) >= 11 is 0. The van der Waals surface area contributed by atoms with E-state index in [0.717, 1.165) is 43.5 Å². The Hall–Kier alpha value is -1.73. The standard InChI is InChI=1S/C57H98N2.Ni/c1-6-11-16-18-19-20-21-22-23-24-25-26-27-28-29-30-31-32-33-34-35-36-37-41-51-44-46-54(47-45-51)58-57(43-38-17-12-7-2)56(42-15-10-5)59-55-49-52(39-13-8-3)48-53(50-55)40-14-9-4;/h44-50H,6-43H2,1-5H3;/b58-57+,59-56+;. The number of rotatable bonds is 41. The van der Waals surface area contributed by atoms with E-state index in [9.17, 15) is 0 Å². The second kappa shape index (κ2) is 41.3. The smallest absolute Gasteiger partial charge is 0.0639 e. The summed E-state index contributed by atoms with van der Waals surface area (Å²) < 4.78 is 0. The largest absolute Gasteiger partial charge is 0.252 e. The van der Waals surface area contributed by atoms with E-state index in [2.05, 4.69) is 77.1 Å². The Kier molecular flexibility index (Phi) is 38.7. The molecule has 0 N–H and O–H groups in total. The van der Waals surface area contributed by atoms with E-state index in [-0.39, 0.29) is 16.5 Å². The van der Waals surface area contributed by atoms with Crippen molar-refractivity contribution in [3.05, 3.63) is 59.2 Å². The number of aliphatic imine (C=N–C) groups is 2. The van der Waals surface area contributed by atoms with E-state index >= 15 is 0 Å². The average molecular weight is 870 g/mol. The van der Waals surface area contributed by atoms with Crippen LogP contribution in [0.15, 0.2) is 52.4 Å². The minimum absolute atomic E-state index is 0. The molecule has 0 radical (unpaired) electrons. The van der Waals surface area contributed by atoms with E-state index in [1.807, 2.05) is 0 Å². The van der Waals surface area contributed by atoms with Gasteiger partial charge < -0.3 is 0 Å². The van der Waals surface area contributed by atoms with Gasteiger partial charge in [-0.3, -0.25) is 9.98 Å². The minimum atomic E-state index is 0. The van der Waals surface area contributed by atoms with Gasteiger partial charge in [-0.25, -0.2) is 0 Å². The van der Waals surface area contributed by atoms with Crippen molar-refractivity contribution in [3.8, 4) is 0 Å². The zero-order valence-corrected chi connectivity index (χ0v) is 41.6. The van der Waals surface area contributed by atoms with Crippen molar-refractivity contribution in [1.29, 1.82) is 0 Å². The molecule has 0 spiro atoms. The molecule has 0 saturated heterocycles. The van der Waals surface area contributed by atoms with Crippen molar-refractivity contribution in [2.24, 2.45) is 9.98 Å². The third-order valence-corrected chi connectivity index (χ3v) is 12.6. The van der Waals surface area contributed by atoms with E-state index in [1.165, 1.54) is 240 Å². The van der Waals surface area contributed by atoms with Crippen LogP contribution in [0.1, 0.15) is 276 Å². The average Bonchev–Trinajstić information content (AvgIpc) is 3.25. The van der Waals surface area contributed by atoms with Gasteiger partial charge in [0.1, 0.15) is 0 Å². The first-order valence-corrected chi connectivity index (χ1v) is 26.5. The molecule has 2 rings (SSSR count). The molecule has 0 aliphatic rings. The molecule has 2 aromatic rings. The van der Waals surface area contributed by atoms with E-state index < -0.39 is 0 Å². The maximum absolute atomic E-state index is 5.45. The summed E-state index contributed by atoms with van der Waals surface area (Å²) in [5.74, 6) is 0. The first-order valence-electron chi connectivity index (χ1n) is 26.5. The van der Waals surface area contributed by atoms with Crippen molar-refractivity contribution in [1.82, 2.24) is 0 Å². The fourth-order valence-electron chi connectivity index (χ4n) is 8.61. The molecule has 2 aromatic carbocycles. The topological polar surface area (TPSA) is 24.7 Å². The zero-order valence-electron chi connectivity index (χ0n) is 40.6. The van der Waals surface area contributed by atoms with Crippen LogP contribution in [0.4, 0.5) is 11.4 Å². The van der Waals surface area contributed by atoms with Gasteiger partial charge >= 0.3 is 0 Å². The van der Waals surface area contributed by atoms with Crippen LogP contribution in [0.25, 0.3) is 0 Å². The predicted molar refractivity (Wildman–Crippen MR) is 268 cm³/mol. The molecule has 60 heavy (non-hydrogen) atoms. The molecule has 346 valence electrons. The van der Waals surface area contributed by atoms with Crippen molar-refractivity contribution in [3.63, 3.8) is 0 Å². The fraction of sp³-hybridized carbons (Fsp3) is 0.754. The Labute approximate surface area is 385 Å². The zero-order chi connectivity index (χ0) is 42.3. The molecule has 3 heteroatoms. The van der Waals surface area contributed by atoms with Crippen LogP contribution in [-0.4, -0.2) is 11.4 Å². The summed E-state index contributed by atoms with van der Waals surface area (Å²) in [5, 5.41) is 0. The number of hydrogen-bond acceptors (Lipinski definition) is 2. The molecule has 0 atom stereocenters. The van der Waals surface area contributed by atoms with Gasteiger partial charge in [0, 0.05) is 16.5 Å². The normalized spacial score (nSPS) is 12.0. The van der Waals surface area contributed by atoms with Gasteiger partial charge in [-0.05, 0) is 105 Å². The quantitative estimate of drug-likeness (QED) is 0.0361. The number of unbranched alkanes of at least 4 members (excludes halogenated alkanes) is 28. The summed E-state index contributed by atoms with van der Waals surface area (Å²) in [6, 6.07) is 16.4. The van der Waals surface area contributed by atoms with Crippen molar-refractivity contribution >= 4 is 22.8 Å². The number of hydrogen-bond donors (Lipinski definition) is 0. The third-order valence-electron chi connectivity index (χ3n) is 12.6. The Morgan fingerprint density at radius 2 is 0.617 bits per heavy atom. The Bertz CT molecular complexity index is 1270. The molecule has 0 bridgehead atoms. The Morgan fingerprint density at radius 1 is 0.300 bits per heavy atom. The number of benzene rings is 2. The van der Waals surface area contributed by atoms with Crippen LogP contribution in [-0.2, 0) is 35.8 Å². The Balaban J connectivity index is 0.0000180. The van der Waals surface area contributed by atoms with Crippen molar-refractivity contribution < 1.29 is 16.5 Å². The van der Waals surface area contributed by atoms with E-state index in [4.69, 9.17) is 9.98 Å². The monoisotopic (exact) mass is 869 g/mol. The van der Waals surface area contributed by atoms with Crippen LogP contribution in [0.5, 0.6) is 0 Å². The molecule has 0 amide bonds. The van der Waals surface area contributed by atoms with E-state index in [0.29, 0.717) is 0 Å². The van der Waals surface area contributed by atoms with Gasteiger partial charge in [0.25, 0.3) is 0 Å². The fourth-order valence-corrected chi connectivity index (χ4v) is 8.61. The molecule has 0 heterocycles. The van der Waals surface area contributed by atoms with Crippen LogP contribution >= 0.6 is 0 Å². The van der Waals surface area contributed by atoms with Gasteiger partial charge in [0.05, 0.1) is 22.8 Å². The molecule has 0 aliphatic heterocycles. The van der Waals surface area contributed by atoms with E-state index in [1.54, 1.807) is 0 Å². The summed E-state index contributed by atoms with van der Waals surface area (Å²) in [6.07, 6.45) is 50.9. The Morgan fingerprint density at radius 3 is 1.02 bits per heavy atom. The maximum atomic E-state index is 5.45. The maximum Gasteiger partial charge on any atom is 0.0639 e. The van der Waals surface area contributed by atoms with Crippen molar-refractivity contribution in [2.75, 3.05) is 0 Å². The molecule has 0 unspecified atom stereocenters. The second-order valence-corrected chi connectivity index (χ2v) is 18.4. The summed E-state index contributed by atoms with van der Waals surface area (Å²) in [7, 11) is 0. The molecular weight excluding hydrogens is 771 g/mol. The summed E-state index contributed by atoms with van der Waals surface area (Å²) in [5.41, 5.74) is 9.02. The molecule has 0 aliphatic carbocycles. The van der Waals surface area contributed by atoms with Gasteiger partial charge in [-0.15, -0.1) is 0 Å². The van der Waals surface area contributed by atoms with Gasteiger partial charge in [-0.1, -0.05) is 233 Å². The summed E-state index contributed by atoms with van der Waals surface area (Å²) in [4.78, 5) is 10.8. The molecule has 2 nitrogen and oxygen atoms in total. The first kappa shape index (κ1) is 56.3. The van der Waals surface area contributed by atoms with Crippen LogP contribution in [0.3, 0.4) is 0 Å². The SMILES string of the molecule is CCCCCCCCCCCCCCCCCCCCCCCCCc1ccc(/N=C(CCCCCC)/C(CCCC)=N/c2cc(CCCC)cc(CCCC)c2)cc1.[Ni]. The van der Waals surface area contributed by atoms with Crippen molar-refractivity contribution in [2.45, 2.75) is 279 Å². The number of aryl methyl sites for hydroxylation is 3. The first-order chi connectivity index (χ1) is 29.1. The summed E-state index contributed by atoms with van der Waals surface area (Å²) in [6.45, 7) is 11.5. The molecule has 0 aromatic heterocycles. The van der Waals surface area contributed by atoms with Gasteiger partial charge in [-0.2, -0.15) is 0 Å². The number of nitrogens with zero attached hydrogens (tertiary/aromatic N) is 2. The molecule has 0 fully saturated rings. The third kappa shape index (κ3) is 30.3. The van der Waals surface area contributed by atoms with Crippen LogP contribution in [0.2, 0.25) is 0 Å². The van der Waals surface area contributed by atoms with Crippen LogP contribution < -0.4 is 0 Å². The van der Waals surface area contributed by atoms with Gasteiger partial charge in [0.2, 0.25) is 0 Å². The predicted octanol–water partition coefficient (Wildman–Crippen LogP) is 19.9. The van der Waals surface area contributed by atoms with Crippen LogP contribution in [0, 0.1) is 0 Å². The second-order valence-electron chi connectivity index (χ2n) is 18.4.